The van der Waals surface area contributed by atoms with Crippen molar-refractivity contribution in [1.29, 1.82) is 0 Å². The SMILES string of the molecule is O=C(Nc1cc(C(F)(F)F)ccc1N1CCOCC1)c1cnn(-c2ccccc2)n1. The number of carbonyl (C=O) groups excluding carboxylic acids is 1. The molecule has 0 atom stereocenters. The minimum absolute atomic E-state index is 0.0100. The number of morpholine rings is 1. The summed E-state index contributed by atoms with van der Waals surface area (Å²) in [5, 5.41) is 10.7. The molecule has 1 aromatic heterocycles. The lowest BCUT2D eigenvalue weighted by Crippen LogP contribution is -2.36. The average molecular weight is 417 g/mol. The summed E-state index contributed by atoms with van der Waals surface area (Å²) < 4.78 is 45.0. The molecule has 1 fully saturated rings. The maximum atomic E-state index is 13.2. The van der Waals surface area contributed by atoms with Crippen LogP contribution in [0.3, 0.4) is 0 Å². The van der Waals surface area contributed by atoms with Crippen molar-refractivity contribution in [2.75, 3.05) is 36.5 Å². The summed E-state index contributed by atoms with van der Waals surface area (Å²) in [6.07, 6.45) is -3.26. The van der Waals surface area contributed by atoms with Gasteiger partial charge in [-0.05, 0) is 30.3 Å². The zero-order valence-electron chi connectivity index (χ0n) is 15.8. The van der Waals surface area contributed by atoms with Gasteiger partial charge in [-0.15, -0.1) is 5.10 Å². The van der Waals surface area contributed by atoms with Crippen LogP contribution in [0.1, 0.15) is 16.1 Å². The zero-order valence-corrected chi connectivity index (χ0v) is 15.8. The number of halogens is 3. The van der Waals surface area contributed by atoms with Crippen LogP contribution in [-0.4, -0.2) is 47.2 Å². The van der Waals surface area contributed by atoms with Crippen LogP contribution < -0.4 is 10.2 Å². The molecule has 30 heavy (non-hydrogen) atoms. The first-order valence-electron chi connectivity index (χ1n) is 9.25. The summed E-state index contributed by atoms with van der Waals surface area (Å²) in [5.41, 5.74) is 0.359. The first-order chi connectivity index (χ1) is 14.4. The molecule has 4 rings (SSSR count). The third-order valence-corrected chi connectivity index (χ3v) is 4.64. The molecule has 0 unspecified atom stereocenters. The van der Waals surface area contributed by atoms with Crippen LogP contribution in [0.15, 0.2) is 54.7 Å². The van der Waals surface area contributed by atoms with E-state index >= 15 is 0 Å². The van der Waals surface area contributed by atoms with Crippen molar-refractivity contribution < 1.29 is 22.7 Å². The second kappa shape index (κ2) is 8.15. The van der Waals surface area contributed by atoms with Gasteiger partial charge in [0.1, 0.15) is 0 Å². The second-order valence-electron chi connectivity index (χ2n) is 6.64. The van der Waals surface area contributed by atoms with E-state index in [0.717, 1.165) is 12.1 Å². The van der Waals surface area contributed by atoms with Crippen LogP contribution in [0.4, 0.5) is 24.5 Å². The first kappa shape index (κ1) is 19.9. The Kier molecular flexibility index (Phi) is 5.40. The predicted molar refractivity (Wildman–Crippen MR) is 104 cm³/mol. The van der Waals surface area contributed by atoms with Crippen molar-refractivity contribution in [1.82, 2.24) is 15.0 Å². The Morgan fingerprint density at radius 3 is 2.50 bits per heavy atom. The number of benzene rings is 2. The van der Waals surface area contributed by atoms with Gasteiger partial charge in [0.05, 0.1) is 42.0 Å². The van der Waals surface area contributed by atoms with Crippen LogP contribution in [0, 0.1) is 0 Å². The van der Waals surface area contributed by atoms with Crippen molar-refractivity contribution in [2.45, 2.75) is 6.18 Å². The summed E-state index contributed by atoms with van der Waals surface area (Å²) in [4.78, 5) is 15.9. The Morgan fingerprint density at radius 1 is 1.07 bits per heavy atom. The Balaban J connectivity index is 1.62. The summed E-state index contributed by atoms with van der Waals surface area (Å²) in [6, 6.07) is 12.3. The van der Waals surface area contributed by atoms with Crippen molar-refractivity contribution >= 4 is 17.3 Å². The highest BCUT2D eigenvalue weighted by Crippen LogP contribution is 2.36. The minimum Gasteiger partial charge on any atom is -0.378 e. The number of hydrogen-bond donors (Lipinski definition) is 1. The molecule has 0 saturated carbocycles. The molecule has 1 aliphatic heterocycles. The number of rotatable bonds is 4. The van der Waals surface area contributed by atoms with E-state index in [1.54, 1.807) is 24.3 Å². The minimum atomic E-state index is -4.53. The Labute approximate surface area is 170 Å². The maximum Gasteiger partial charge on any atom is 0.416 e. The number of para-hydroxylation sites is 1. The predicted octanol–water partition coefficient (Wildman–Crippen LogP) is 3.38. The number of amides is 1. The highest BCUT2D eigenvalue weighted by Gasteiger charge is 2.32. The van der Waals surface area contributed by atoms with Crippen LogP contribution in [0.25, 0.3) is 5.69 Å². The van der Waals surface area contributed by atoms with E-state index in [2.05, 4.69) is 15.5 Å². The van der Waals surface area contributed by atoms with E-state index in [9.17, 15) is 18.0 Å². The molecule has 2 heterocycles. The molecule has 1 saturated heterocycles. The molecule has 1 amide bonds. The number of alkyl halides is 3. The van der Waals surface area contributed by atoms with Crippen molar-refractivity contribution in [3.8, 4) is 5.69 Å². The summed E-state index contributed by atoms with van der Waals surface area (Å²) in [5.74, 6) is -0.647. The normalized spacial score (nSPS) is 14.6. The molecular formula is C20H18F3N5O2. The molecule has 156 valence electrons. The molecule has 3 aromatic rings. The van der Waals surface area contributed by atoms with E-state index in [1.165, 1.54) is 17.1 Å². The zero-order chi connectivity index (χ0) is 21.1. The second-order valence-corrected chi connectivity index (χ2v) is 6.64. The molecule has 2 aromatic carbocycles. The number of anilines is 2. The Bertz CT molecular complexity index is 1030. The number of hydrogen-bond acceptors (Lipinski definition) is 5. The molecular weight excluding hydrogens is 399 g/mol. The Hall–Kier alpha value is -3.40. The number of nitrogens with one attached hydrogen (secondary N) is 1. The van der Waals surface area contributed by atoms with E-state index in [-0.39, 0.29) is 11.4 Å². The number of ether oxygens (including phenoxy) is 1. The number of aromatic nitrogens is 3. The van der Waals surface area contributed by atoms with Gasteiger partial charge in [-0.3, -0.25) is 4.79 Å². The lowest BCUT2D eigenvalue weighted by Gasteiger charge is -2.30. The fourth-order valence-electron chi connectivity index (χ4n) is 3.13. The van der Waals surface area contributed by atoms with Gasteiger partial charge in [0.25, 0.3) is 5.91 Å². The van der Waals surface area contributed by atoms with E-state index in [4.69, 9.17) is 4.74 Å². The molecule has 0 spiro atoms. The van der Waals surface area contributed by atoms with Crippen LogP contribution >= 0.6 is 0 Å². The first-order valence-corrected chi connectivity index (χ1v) is 9.25. The van der Waals surface area contributed by atoms with Gasteiger partial charge in [-0.1, -0.05) is 18.2 Å². The van der Waals surface area contributed by atoms with Crippen molar-refractivity contribution in [3.63, 3.8) is 0 Å². The number of nitrogens with zero attached hydrogens (tertiary/aromatic N) is 4. The summed E-state index contributed by atoms with van der Waals surface area (Å²) >= 11 is 0. The highest BCUT2D eigenvalue weighted by molar-refractivity contribution is 6.04. The van der Waals surface area contributed by atoms with Gasteiger partial charge in [-0.25, -0.2) is 0 Å². The molecule has 10 heteroatoms. The Morgan fingerprint density at radius 2 is 1.80 bits per heavy atom. The molecule has 1 aliphatic rings. The quantitative estimate of drug-likeness (QED) is 0.705. The van der Waals surface area contributed by atoms with Crippen molar-refractivity contribution in [3.05, 3.63) is 66.0 Å². The van der Waals surface area contributed by atoms with Crippen LogP contribution in [-0.2, 0) is 10.9 Å². The summed E-state index contributed by atoms with van der Waals surface area (Å²) in [7, 11) is 0. The van der Waals surface area contributed by atoms with Gasteiger partial charge in [0.15, 0.2) is 5.69 Å². The molecule has 0 aliphatic carbocycles. The largest absolute Gasteiger partial charge is 0.416 e. The van der Waals surface area contributed by atoms with Gasteiger partial charge >= 0.3 is 6.18 Å². The van der Waals surface area contributed by atoms with Crippen molar-refractivity contribution in [2.24, 2.45) is 0 Å². The molecule has 1 N–H and O–H groups in total. The fraction of sp³-hybridized carbons (Fsp3) is 0.250. The monoisotopic (exact) mass is 417 g/mol. The third-order valence-electron chi connectivity index (χ3n) is 4.64. The lowest BCUT2D eigenvalue weighted by molar-refractivity contribution is -0.137. The van der Waals surface area contributed by atoms with Crippen LogP contribution in [0.2, 0.25) is 0 Å². The highest BCUT2D eigenvalue weighted by atomic mass is 19.4. The standard InChI is InChI=1S/C20H18F3N5O2/c21-20(22,23)14-6-7-18(27-8-10-30-11-9-27)16(12-14)25-19(29)17-13-24-28(26-17)15-4-2-1-3-5-15/h1-7,12-13H,8-11H2,(H,25,29). The smallest absolute Gasteiger partial charge is 0.378 e. The molecule has 0 bridgehead atoms. The van der Waals surface area contributed by atoms with E-state index in [0.29, 0.717) is 37.7 Å². The van der Waals surface area contributed by atoms with Crippen LogP contribution in [0.5, 0.6) is 0 Å². The van der Waals surface area contributed by atoms with Gasteiger partial charge in [-0.2, -0.15) is 23.1 Å². The fourth-order valence-corrected chi connectivity index (χ4v) is 3.13. The van der Waals surface area contributed by atoms with Gasteiger partial charge in [0, 0.05) is 13.1 Å². The van der Waals surface area contributed by atoms with E-state index in [1.807, 2.05) is 11.0 Å². The van der Waals surface area contributed by atoms with E-state index < -0.39 is 17.6 Å². The maximum absolute atomic E-state index is 13.2. The topological polar surface area (TPSA) is 72.3 Å². The van der Waals surface area contributed by atoms with Gasteiger partial charge < -0.3 is 15.0 Å². The van der Waals surface area contributed by atoms with Gasteiger partial charge in [0.2, 0.25) is 0 Å². The lowest BCUT2D eigenvalue weighted by atomic mass is 10.1. The number of carbonyl (C=O) groups is 1. The summed E-state index contributed by atoms with van der Waals surface area (Å²) in [6.45, 7) is 1.94. The average Bonchev–Trinajstić information content (AvgIpc) is 3.25. The third kappa shape index (κ3) is 4.28. The molecule has 0 radical (unpaired) electrons. The molecule has 7 nitrogen and oxygen atoms in total.